The summed E-state index contributed by atoms with van der Waals surface area (Å²) >= 11 is 0. The van der Waals surface area contributed by atoms with Crippen molar-refractivity contribution < 1.29 is 10.2 Å². The van der Waals surface area contributed by atoms with E-state index in [0.29, 0.717) is 18.2 Å². The van der Waals surface area contributed by atoms with Gasteiger partial charge in [0, 0.05) is 24.4 Å². The second-order valence-corrected chi connectivity index (χ2v) is 5.92. The molecular weight excluding hydrogens is 278 g/mol. The first-order valence-electron chi connectivity index (χ1n) is 7.89. The fraction of sp³-hybridized carbons (Fsp3) is 0.471. The van der Waals surface area contributed by atoms with Crippen LogP contribution in [0.1, 0.15) is 30.0 Å². The minimum atomic E-state index is 0.130. The van der Waals surface area contributed by atoms with Crippen molar-refractivity contribution in [2.24, 2.45) is 0 Å². The van der Waals surface area contributed by atoms with Gasteiger partial charge in [0.15, 0.2) is 0 Å². The molecule has 0 saturated carbocycles. The molecule has 2 aromatic rings. The number of hydrogen-bond donors (Lipinski definition) is 2. The Morgan fingerprint density at radius 3 is 2.73 bits per heavy atom. The summed E-state index contributed by atoms with van der Waals surface area (Å²) in [6.45, 7) is 3.68. The zero-order valence-electron chi connectivity index (χ0n) is 12.7. The fourth-order valence-electron chi connectivity index (χ4n) is 3.27. The lowest BCUT2D eigenvalue weighted by atomic mass is 9.93. The van der Waals surface area contributed by atoms with Crippen molar-refractivity contribution in [1.29, 1.82) is 0 Å². The van der Waals surface area contributed by atoms with E-state index >= 15 is 0 Å². The topological polar surface area (TPSA) is 61.5 Å². The predicted octanol–water partition coefficient (Wildman–Crippen LogP) is 1.96. The summed E-state index contributed by atoms with van der Waals surface area (Å²) in [7, 11) is 0. The van der Waals surface area contributed by atoms with Gasteiger partial charge in [-0.15, -0.1) is 0 Å². The van der Waals surface area contributed by atoms with E-state index in [4.69, 9.17) is 5.11 Å². The van der Waals surface area contributed by atoms with Crippen molar-refractivity contribution in [2.75, 3.05) is 19.7 Å². The van der Waals surface area contributed by atoms with Gasteiger partial charge in [-0.05, 0) is 49.7 Å². The van der Waals surface area contributed by atoms with E-state index in [1.807, 2.05) is 23.0 Å². The Morgan fingerprint density at radius 2 is 2.00 bits per heavy atom. The normalized spacial score (nSPS) is 17.0. The standard InChI is InChI=1S/C17H23N3O2/c21-11-10-20-17(4-7-18-20)15-5-8-19(9-6-15)13-14-2-1-3-16(22)12-14/h1-4,7,12,15,21-22H,5-6,8-11,13H2. The summed E-state index contributed by atoms with van der Waals surface area (Å²) < 4.78 is 1.93. The molecule has 1 aliphatic rings. The van der Waals surface area contributed by atoms with Gasteiger partial charge in [0.25, 0.3) is 0 Å². The molecule has 1 aromatic heterocycles. The Morgan fingerprint density at radius 1 is 1.18 bits per heavy atom. The summed E-state index contributed by atoms with van der Waals surface area (Å²) in [5.41, 5.74) is 2.40. The van der Waals surface area contributed by atoms with E-state index < -0.39 is 0 Å². The molecule has 0 atom stereocenters. The van der Waals surface area contributed by atoms with Crippen molar-refractivity contribution in [3.05, 3.63) is 47.8 Å². The van der Waals surface area contributed by atoms with Gasteiger partial charge in [-0.1, -0.05) is 12.1 Å². The van der Waals surface area contributed by atoms with Gasteiger partial charge in [-0.25, -0.2) is 0 Å². The molecule has 1 saturated heterocycles. The second-order valence-electron chi connectivity index (χ2n) is 5.92. The molecule has 2 N–H and O–H groups in total. The molecule has 0 bridgehead atoms. The number of nitrogens with zero attached hydrogens (tertiary/aromatic N) is 3. The van der Waals surface area contributed by atoms with Crippen LogP contribution in [0.5, 0.6) is 5.75 Å². The van der Waals surface area contributed by atoms with Crippen molar-refractivity contribution in [3.63, 3.8) is 0 Å². The first-order valence-corrected chi connectivity index (χ1v) is 7.89. The third-order valence-electron chi connectivity index (χ3n) is 4.38. The van der Waals surface area contributed by atoms with Gasteiger partial charge in [-0.3, -0.25) is 9.58 Å². The van der Waals surface area contributed by atoms with Crippen LogP contribution in [0, 0.1) is 0 Å². The van der Waals surface area contributed by atoms with E-state index in [1.165, 1.54) is 5.69 Å². The molecule has 0 unspecified atom stereocenters. The van der Waals surface area contributed by atoms with Crippen LogP contribution in [-0.4, -0.2) is 44.6 Å². The maximum Gasteiger partial charge on any atom is 0.115 e. The summed E-state index contributed by atoms with van der Waals surface area (Å²) in [5.74, 6) is 0.856. The van der Waals surface area contributed by atoms with Crippen molar-refractivity contribution >= 4 is 0 Å². The van der Waals surface area contributed by atoms with Crippen LogP contribution in [0.2, 0.25) is 0 Å². The molecule has 5 nitrogen and oxygen atoms in total. The van der Waals surface area contributed by atoms with Gasteiger partial charge in [-0.2, -0.15) is 5.10 Å². The van der Waals surface area contributed by atoms with E-state index in [-0.39, 0.29) is 6.61 Å². The smallest absolute Gasteiger partial charge is 0.115 e. The Hall–Kier alpha value is -1.85. The van der Waals surface area contributed by atoms with Crippen LogP contribution < -0.4 is 0 Å². The highest BCUT2D eigenvalue weighted by molar-refractivity contribution is 5.27. The van der Waals surface area contributed by atoms with Crippen LogP contribution in [0.3, 0.4) is 0 Å². The summed E-state index contributed by atoms with van der Waals surface area (Å²) in [6.07, 6.45) is 4.04. The van der Waals surface area contributed by atoms with Gasteiger partial charge in [0.2, 0.25) is 0 Å². The lowest BCUT2D eigenvalue weighted by molar-refractivity contribution is 0.198. The van der Waals surface area contributed by atoms with Crippen molar-refractivity contribution in [1.82, 2.24) is 14.7 Å². The zero-order chi connectivity index (χ0) is 15.4. The average molecular weight is 301 g/mol. The molecule has 0 amide bonds. The summed E-state index contributed by atoms with van der Waals surface area (Å²) in [6, 6.07) is 9.57. The van der Waals surface area contributed by atoms with Crippen LogP contribution in [0.4, 0.5) is 0 Å². The van der Waals surface area contributed by atoms with Gasteiger partial charge < -0.3 is 10.2 Å². The molecule has 3 rings (SSSR count). The van der Waals surface area contributed by atoms with Crippen LogP contribution in [-0.2, 0) is 13.1 Å². The number of benzene rings is 1. The molecule has 0 spiro atoms. The highest BCUT2D eigenvalue weighted by atomic mass is 16.3. The first kappa shape index (κ1) is 15.1. The maximum atomic E-state index is 9.54. The van der Waals surface area contributed by atoms with Gasteiger partial charge in [0.1, 0.15) is 5.75 Å². The van der Waals surface area contributed by atoms with E-state index in [2.05, 4.69) is 22.1 Å². The third kappa shape index (κ3) is 3.48. The molecular formula is C17H23N3O2. The maximum absolute atomic E-state index is 9.54. The molecule has 5 heteroatoms. The lowest BCUT2D eigenvalue weighted by Crippen LogP contribution is -2.33. The van der Waals surface area contributed by atoms with Gasteiger partial charge in [0.05, 0.1) is 13.2 Å². The van der Waals surface area contributed by atoms with E-state index in [0.717, 1.165) is 38.0 Å². The number of phenolic OH excluding ortho intramolecular Hbond substituents is 1. The largest absolute Gasteiger partial charge is 0.508 e. The molecule has 118 valence electrons. The molecule has 1 aliphatic heterocycles. The molecule has 0 radical (unpaired) electrons. The number of piperidine rings is 1. The highest BCUT2D eigenvalue weighted by Gasteiger charge is 2.23. The summed E-state index contributed by atoms with van der Waals surface area (Å²) in [4.78, 5) is 2.43. The van der Waals surface area contributed by atoms with Crippen LogP contribution >= 0.6 is 0 Å². The van der Waals surface area contributed by atoms with E-state index in [1.54, 1.807) is 6.07 Å². The monoisotopic (exact) mass is 301 g/mol. The van der Waals surface area contributed by atoms with Gasteiger partial charge >= 0.3 is 0 Å². The molecule has 1 aromatic carbocycles. The van der Waals surface area contributed by atoms with Crippen molar-refractivity contribution in [3.8, 4) is 5.75 Å². The Bertz CT molecular complexity index is 603. The quantitative estimate of drug-likeness (QED) is 0.886. The number of likely N-dealkylation sites (tertiary alicyclic amines) is 1. The average Bonchev–Trinajstić information content (AvgIpc) is 2.97. The molecule has 2 heterocycles. The number of aliphatic hydroxyl groups is 1. The third-order valence-corrected chi connectivity index (χ3v) is 4.38. The zero-order valence-corrected chi connectivity index (χ0v) is 12.7. The number of aromatic hydroxyl groups is 1. The number of hydrogen-bond acceptors (Lipinski definition) is 4. The number of phenols is 1. The van der Waals surface area contributed by atoms with Crippen molar-refractivity contribution in [2.45, 2.75) is 31.8 Å². The fourth-order valence-corrected chi connectivity index (χ4v) is 3.27. The first-order chi connectivity index (χ1) is 10.8. The molecule has 22 heavy (non-hydrogen) atoms. The Balaban J connectivity index is 1.57. The minimum Gasteiger partial charge on any atom is -0.508 e. The second kappa shape index (κ2) is 6.94. The summed E-state index contributed by atoms with van der Waals surface area (Å²) in [5, 5.41) is 22.9. The predicted molar refractivity (Wildman–Crippen MR) is 84.7 cm³/mol. The number of aliphatic hydroxyl groups excluding tert-OH is 1. The lowest BCUT2D eigenvalue weighted by Gasteiger charge is -2.32. The Labute approximate surface area is 130 Å². The van der Waals surface area contributed by atoms with Crippen LogP contribution in [0.25, 0.3) is 0 Å². The minimum absolute atomic E-state index is 0.130. The van der Waals surface area contributed by atoms with Crippen LogP contribution in [0.15, 0.2) is 36.5 Å². The number of rotatable bonds is 5. The SMILES string of the molecule is OCCn1nccc1C1CCN(Cc2cccc(O)c2)CC1. The highest BCUT2D eigenvalue weighted by Crippen LogP contribution is 2.28. The Kier molecular flexibility index (Phi) is 4.75. The number of aromatic nitrogens is 2. The molecule has 0 aliphatic carbocycles. The van der Waals surface area contributed by atoms with E-state index in [9.17, 15) is 5.11 Å². The molecule has 1 fully saturated rings.